The highest BCUT2D eigenvalue weighted by molar-refractivity contribution is 7.98. The first-order chi connectivity index (χ1) is 15.0. The second-order valence-electron chi connectivity index (χ2n) is 6.99. The Morgan fingerprint density at radius 3 is 2.74 bits per heavy atom. The molecule has 0 radical (unpaired) electrons. The number of aromatic nitrogens is 2. The van der Waals surface area contributed by atoms with Gasteiger partial charge in [-0.2, -0.15) is 4.98 Å². The SMILES string of the molecule is C=CCN1C(=S)NC(c2ccc(SC)cc2)C(c2nc(-c3cccc(F)c3)no2)=C1C. The van der Waals surface area contributed by atoms with Crippen molar-refractivity contribution in [2.75, 3.05) is 12.8 Å². The van der Waals surface area contributed by atoms with Crippen LogP contribution in [0.3, 0.4) is 0 Å². The third kappa shape index (κ3) is 4.26. The first-order valence-electron chi connectivity index (χ1n) is 9.65. The van der Waals surface area contributed by atoms with Gasteiger partial charge in [0.15, 0.2) is 5.11 Å². The molecule has 0 fully saturated rings. The molecule has 0 bridgehead atoms. The Balaban J connectivity index is 1.81. The van der Waals surface area contributed by atoms with Gasteiger partial charge in [-0.3, -0.25) is 0 Å². The molecule has 1 N–H and O–H groups in total. The summed E-state index contributed by atoms with van der Waals surface area (Å²) in [6.07, 6.45) is 3.83. The fraction of sp³-hybridized carbons (Fsp3) is 0.174. The van der Waals surface area contributed by atoms with Crippen LogP contribution in [0, 0.1) is 5.82 Å². The Kier molecular flexibility index (Phi) is 6.20. The van der Waals surface area contributed by atoms with Crippen LogP contribution in [0.1, 0.15) is 24.4 Å². The molecular weight excluding hydrogens is 431 g/mol. The van der Waals surface area contributed by atoms with Gasteiger partial charge in [0.1, 0.15) is 5.82 Å². The Hall–Kier alpha value is -2.97. The van der Waals surface area contributed by atoms with E-state index in [4.69, 9.17) is 16.7 Å². The van der Waals surface area contributed by atoms with Gasteiger partial charge in [0.2, 0.25) is 5.82 Å². The fourth-order valence-corrected chi connectivity index (χ4v) is 4.27. The van der Waals surface area contributed by atoms with E-state index in [2.05, 4.69) is 46.3 Å². The van der Waals surface area contributed by atoms with E-state index in [9.17, 15) is 4.39 Å². The molecule has 0 amide bonds. The van der Waals surface area contributed by atoms with Crippen molar-refractivity contribution in [1.82, 2.24) is 20.4 Å². The molecule has 1 aromatic heterocycles. The minimum atomic E-state index is -0.354. The summed E-state index contributed by atoms with van der Waals surface area (Å²) < 4.78 is 19.3. The summed E-state index contributed by atoms with van der Waals surface area (Å²) in [5.41, 5.74) is 3.30. The van der Waals surface area contributed by atoms with Gasteiger partial charge in [0.05, 0.1) is 11.6 Å². The predicted octanol–water partition coefficient (Wildman–Crippen LogP) is 5.45. The van der Waals surface area contributed by atoms with E-state index < -0.39 is 0 Å². The fourth-order valence-electron chi connectivity index (χ4n) is 3.53. The number of hydrogen-bond acceptors (Lipinski definition) is 5. The normalized spacial score (nSPS) is 16.4. The maximum absolute atomic E-state index is 13.7. The van der Waals surface area contributed by atoms with Crippen LogP contribution in [-0.4, -0.2) is 33.0 Å². The second-order valence-corrected chi connectivity index (χ2v) is 8.25. The van der Waals surface area contributed by atoms with E-state index in [1.165, 1.54) is 17.0 Å². The lowest BCUT2D eigenvalue weighted by molar-refractivity contribution is 0.399. The molecule has 1 unspecified atom stereocenters. The van der Waals surface area contributed by atoms with Crippen LogP contribution in [0.25, 0.3) is 17.0 Å². The highest BCUT2D eigenvalue weighted by Gasteiger charge is 2.33. The molecule has 0 spiro atoms. The molecule has 0 aliphatic carbocycles. The highest BCUT2D eigenvalue weighted by atomic mass is 32.2. The van der Waals surface area contributed by atoms with Gasteiger partial charge >= 0.3 is 0 Å². The molecule has 0 saturated heterocycles. The van der Waals surface area contributed by atoms with Gasteiger partial charge in [-0.15, -0.1) is 18.3 Å². The standard InChI is InChI=1S/C23H21FN4OS2/c1-4-12-28-14(2)19(20(25-23(28)30)15-8-10-18(31-3)11-9-15)22-26-21(27-29-22)16-6-5-7-17(24)13-16/h4-11,13,20H,1,12H2,2-3H3,(H,25,30). The van der Waals surface area contributed by atoms with E-state index in [0.29, 0.717) is 28.9 Å². The number of rotatable bonds is 6. The smallest absolute Gasteiger partial charge is 0.258 e. The van der Waals surface area contributed by atoms with Crippen molar-refractivity contribution in [3.63, 3.8) is 0 Å². The van der Waals surface area contributed by atoms with Gasteiger partial charge in [-0.25, -0.2) is 4.39 Å². The third-order valence-corrected chi connectivity index (χ3v) is 6.18. The van der Waals surface area contributed by atoms with Crippen LogP contribution in [-0.2, 0) is 0 Å². The molecule has 5 nitrogen and oxygen atoms in total. The summed E-state index contributed by atoms with van der Waals surface area (Å²) >= 11 is 7.30. The van der Waals surface area contributed by atoms with Gasteiger partial charge in [0, 0.05) is 22.7 Å². The van der Waals surface area contributed by atoms with E-state index in [-0.39, 0.29) is 11.9 Å². The summed E-state index contributed by atoms with van der Waals surface area (Å²) in [5, 5.41) is 8.09. The Morgan fingerprint density at radius 2 is 2.06 bits per heavy atom. The van der Waals surface area contributed by atoms with Crippen molar-refractivity contribution in [2.45, 2.75) is 17.9 Å². The van der Waals surface area contributed by atoms with Crippen molar-refractivity contribution >= 4 is 34.7 Å². The average molecular weight is 453 g/mol. The molecule has 8 heteroatoms. The number of nitrogens with one attached hydrogen (secondary N) is 1. The molecule has 2 aromatic carbocycles. The number of hydrogen-bond donors (Lipinski definition) is 1. The lowest BCUT2D eigenvalue weighted by atomic mass is 9.95. The first kappa shape index (κ1) is 21.3. The molecule has 31 heavy (non-hydrogen) atoms. The van der Waals surface area contributed by atoms with Crippen molar-refractivity contribution in [3.8, 4) is 11.4 Å². The van der Waals surface area contributed by atoms with Crippen molar-refractivity contribution in [3.05, 3.63) is 84.2 Å². The number of allylic oxidation sites excluding steroid dienone is 1. The molecule has 3 aromatic rings. The summed E-state index contributed by atoms with van der Waals surface area (Å²) in [5.74, 6) is 0.335. The van der Waals surface area contributed by atoms with E-state index in [1.54, 1.807) is 30.0 Å². The van der Waals surface area contributed by atoms with Crippen LogP contribution in [0.5, 0.6) is 0 Å². The molecule has 1 aliphatic rings. The molecule has 4 rings (SSSR count). The highest BCUT2D eigenvalue weighted by Crippen LogP contribution is 2.37. The number of thiocarbonyl (C=S) groups is 1. The van der Waals surface area contributed by atoms with Crippen molar-refractivity contribution in [2.24, 2.45) is 0 Å². The summed E-state index contributed by atoms with van der Waals surface area (Å²) in [4.78, 5) is 7.69. The zero-order valence-corrected chi connectivity index (χ0v) is 18.8. The van der Waals surface area contributed by atoms with Crippen LogP contribution < -0.4 is 5.32 Å². The van der Waals surface area contributed by atoms with E-state index >= 15 is 0 Å². The topological polar surface area (TPSA) is 54.2 Å². The van der Waals surface area contributed by atoms with Gasteiger partial charge in [-0.05, 0) is 55.2 Å². The van der Waals surface area contributed by atoms with E-state index in [1.807, 2.05) is 18.1 Å². The Morgan fingerprint density at radius 1 is 1.29 bits per heavy atom. The molecule has 1 atom stereocenters. The second kappa shape index (κ2) is 9.03. The first-order valence-corrected chi connectivity index (χ1v) is 11.3. The summed E-state index contributed by atoms with van der Waals surface area (Å²) in [6.45, 7) is 6.35. The number of nitrogens with zero attached hydrogens (tertiary/aromatic N) is 3. The van der Waals surface area contributed by atoms with Crippen LogP contribution in [0.15, 0.2) is 76.3 Å². The quantitative estimate of drug-likeness (QED) is 0.303. The summed E-state index contributed by atoms with van der Waals surface area (Å²) in [7, 11) is 0. The maximum Gasteiger partial charge on any atom is 0.258 e. The number of benzene rings is 2. The predicted molar refractivity (Wildman–Crippen MR) is 126 cm³/mol. The third-order valence-electron chi connectivity index (χ3n) is 5.10. The molecule has 2 heterocycles. The van der Waals surface area contributed by atoms with Crippen molar-refractivity contribution < 1.29 is 8.91 Å². The number of thioether (sulfide) groups is 1. The van der Waals surface area contributed by atoms with Crippen LogP contribution in [0.2, 0.25) is 0 Å². The zero-order chi connectivity index (χ0) is 22.0. The monoisotopic (exact) mass is 452 g/mol. The minimum absolute atomic E-state index is 0.259. The zero-order valence-electron chi connectivity index (χ0n) is 17.1. The lowest BCUT2D eigenvalue weighted by Crippen LogP contribution is -2.45. The maximum atomic E-state index is 13.7. The molecular formula is C23H21FN4OS2. The average Bonchev–Trinajstić information content (AvgIpc) is 3.26. The minimum Gasteiger partial charge on any atom is -0.351 e. The molecule has 1 aliphatic heterocycles. The van der Waals surface area contributed by atoms with Crippen LogP contribution >= 0.6 is 24.0 Å². The molecule has 158 valence electrons. The van der Waals surface area contributed by atoms with Gasteiger partial charge < -0.3 is 14.7 Å². The molecule has 0 saturated carbocycles. The van der Waals surface area contributed by atoms with E-state index in [0.717, 1.165) is 16.8 Å². The van der Waals surface area contributed by atoms with Crippen LogP contribution in [0.4, 0.5) is 4.39 Å². The Bertz CT molecular complexity index is 1160. The van der Waals surface area contributed by atoms with Gasteiger partial charge in [-0.1, -0.05) is 35.5 Å². The van der Waals surface area contributed by atoms with Crippen molar-refractivity contribution in [1.29, 1.82) is 0 Å². The lowest BCUT2D eigenvalue weighted by Gasteiger charge is -2.36. The van der Waals surface area contributed by atoms with Gasteiger partial charge in [0.25, 0.3) is 5.89 Å². The number of halogens is 1. The Labute approximate surface area is 190 Å². The summed E-state index contributed by atoms with van der Waals surface area (Å²) in [6, 6.07) is 14.1. The largest absolute Gasteiger partial charge is 0.351 e.